The average Bonchev–Trinajstić information content (AvgIpc) is 2.48. The van der Waals surface area contributed by atoms with Crippen LogP contribution in [0.2, 0.25) is 0 Å². The molecule has 0 radical (unpaired) electrons. The third-order valence-corrected chi connectivity index (χ3v) is 4.02. The molecular weight excluding hydrogens is 292 g/mol. The van der Waals surface area contributed by atoms with Gasteiger partial charge >= 0.3 is 0 Å². The van der Waals surface area contributed by atoms with Crippen LogP contribution in [0.15, 0.2) is 16.6 Å². The van der Waals surface area contributed by atoms with E-state index < -0.39 is 17.2 Å². The highest BCUT2D eigenvalue weighted by atomic mass is 79.9. The number of hydrogen-bond donors (Lipinski definition) is 1. The normalized spacial score (nSPS) is 29.9. The Morgan fingerprint density at radius 1 is 1.47 bits per heavy atom. The van der Waals surface area contributed by atoms with Gasteiger partial charge in [0.15, 0.2) is 0 Å². The summed E-state index contributed by atoms with van der Waals surface area (Å²) in [5.41, 5.74) is -1.69. The molecule has 1 aliphatic heterocycles. The van der Waals surface area contributed by atoms with Gasteiger partial charge in [-0.2, -0.15) is 0 Å². The molecule has 1 saturated heterocycles. The first kappa shape index (κ1) is 12.9. The van der Waals surface area contributed by atoms with Crippen LogP contribution in [-0.4, -0.2) is 29.6 Å². The van der Waals surface area contributed by atoms with Crippen molar-refractivity contribution >= 4 is 15.9 Å². The van der Waals surface area contributed by atoms with Crippen LogP contribution >= 0.6 is 15.9 Å². The Morgan fingerprint density at radius 3 is 2.65 bits per heavy atom. The van der Waals surface area contributed by atoms with E-state index in [0.29, 0.717) is 6.42 Å². The van der Waals surface area contributed by atoms with Gasteiger partial charge in [-0.1, -0.05) is 0 Å². The molecule has 1 fully saturated rings. The molecular formula is C12H14BrF2NO. The number of nitrogens with zero attached hydrogens (tertiary/aromatic N) is 1. The van der Waals surface area contributed by atoms with Crippen molar-refractivity contribution in [2.75, 3.05) is 13.6 Å². The first-order valence-corrected chi connectivity index (χ1v) is 6.21. The molecule has 17 heavy (non-hydrogen) atoms. The van der Waals surface area contributed by atoms with Gasteiger partial charge in [0, 0.05) is 12.6 Å². The smallest absolute Gasteiger partial charge is 0.146 e. The molecule has 1 N–H and O–H groups in total. The zero-order valence-corrected chi connectivity index (χ0v) is 11.3. The number of hydrogen-bond acceptors (Lipinski definition) is 2. The summed E-state index contributed by atoms with van der Waals surface area (Å²) in [4.78, 5) is 1.89. The highest BCUT2D eigenvalue weighted by Crippen LogP contribution is 2.39. The minimum absolute atomic E-state index is 0.0952. The van der Waals surface area contributed by atoms with E-state index in [-0.39, 0.29) is 22.6 Å². The third-order valence-electron chi connectivity index (χ3n) is 3.41. The van der Waals surface area contributed by atoms with Gasteiger partial charge < -0.3 is 10.0 Å². The van der Waals surface area contributed by atoms with Crippen LogP contribution in [0.1, 0.15) is 18.9 Å². The first-order valence-electron chi connectivity index (χ1n) is 5.42. The van der Waals surface area contributed by atoms with Crippen LogP contribution in [-0.2, 0) is 5.60 Å². The number of halogens is 3. The summed E-state index contributed by atoms with van der Waals surface area (Å²) < 4.78 is 27.9. The Bertz CT molecular complexity index is 442. The third kappa shape index (κ3) is 2.11. The molecule has 0 aliphatic carbocycles. The van der Waals surface area contributed by atoms with Crippen molar-refractivity contribution in [3.8, 4) is 0 Å². The number of rotatable bonds is 1. The Hall–Kier alpha value is -0.520. The van der Waals surface area contributed by atoms with Crippen LogP contribution in [0.25, 0.3) is 0 Å². The summed E-state index contributed by atoms with van der Waals surface area (Å²) in [7, 11) is 1.83. The lowest BCUT2D eigenvalue weighted by molar-refractivity contribution is 0.0409. The molecule has 0 spiro atoms. The number of likely N-dealkylation sites (N-methyl/N-ethyl adjacent to an activating group) is 1. The number of likely N-dealkylation sites (tertiary alicyclic amines) is 1. The fourth-order valence-electron chi connectivity index (χ4n) is 2.41. The van der Waals surface area contributed by atoms with Gasteiger partial charge in [-0.15, -0.1) is 0 Å². The van der Waals surface area contributed by atoms with E-state index in [0.717, 1.165) is 0 Å². The maximum absolute atomic E-state index is 13.9. The van der Waals surface area contributed by atoms with Crippen molar-refractivity contribution in [2.24, 2.45) is 0 Å². The fourth-order valence-corrected chi connectivity index (χ4v) is 2.74. The lowest BCUT2D eigenvalue weighted by Gasteiger charge is -2.24. The minimum Gasteiger partial charge on any atom is -0.384 e. The van der Waals surface area contributed by atoms with Crippen LogP contribution in [0.3, 0.4) is 0 Å². The largest absolute Gasteiger partial charge is 0.384 e. The molecule has 1 aromatic carbocycles. The van der Waals surface area contributed by atoms with Crippen LogP contribution in [0.5, 0.6) is 0 Å². The van der Waals surface area contributed by atoms with Gasteiger partial charge in [0.1, 0.15) is 17.2 Å². The standard InChI is InChI=1S/C12H14BrF2NO/c1-7-5-12(17,6-16(7)2)10-9(14)4-3-8(13)11(10)15/h3-4,7,17H,5-6H2,1-2H3. The monoisotopic (exact) mass is 305 g/mol. The highest BCUT2D eigenvalue weighted by Gasteiger charge is 2.44. The Morgan fingerprint density at radius 2 is 2.12 bits per heavy atom. The topological polar surface area (TPSA) is 23.5 Å². The maximum Gasteiger partial charge on any atom is 0.146 e. The first-order chi connectivity index (χ1) is 7.85. The van der Waals surface area contributed by atoms with Crippen LogP contribution < -0.4 is 0 Å². The Labute approximate surface area is 107 Å². The van der Waals surface area contributed by atoms with Crippen molar-refractivity contribution in [1.29, 1.82) is 0 Å². The quantitative estimate of drug-likeness (QED) is 0.806. The lowest BCUT2D eigenvalue weighted by atomic mass is 9.90. The second kappa shape index (κ2) is 4.30. The van der Waals surface area contributed by atoms with Gasteiger partial charge in [0.25, 0.3) is 0 Å². The molecule has 1 aromatic rings. The molecule has 2 atom stereocenters. The molecule has 2 unspecified atom stereocenters. The van der Waals surface area contributed by atoms with Crippen molar-refractivity contribution in [1.82, 2.24) is 4.90 Å². The van der Waals surface area contributed by atoms with Crippen LogP contribution in [0.4, 0.5) is 8.78 Å². The summed E-state index contributed by atoms with van der Waals surface area (Å²) in [6.45, 7) is 2.16. The predicted molar refractivity (Wildman–Crippen MR) is 64.7 cm³/mol. The van der Waals surface area contributed by atoms with Crippen molar-refractivity contribution in [3.63, 3.8) is 0 Å². The number of aliphatic hydroxyl groups is 1. The molecule has 0 amide bonds. The SMILES string of the molecule is CC1CC(O)(c2c(F)ccc(Br)c2F)CN1C. The van der Waals surface area contributed by atoms with E-state index in [1.807, 2.05) is 18.9 Å². The van der Waals surface area contributed by atoms with Gasteiger partial charge in [-0.3, -0.25) is 0 Å². The average molecular weight is 306 g/mol. The zero-order chi connectivity index (χ0) is 12.8. The summed E-state index contributed by atoms with van der Waals surface area (Å²) in [5, 5.41) is 10.4. The number of benzene rings is 1. The molecule has 0 aromatic heterocycles. The van der Waals surface area contributed by atoms with E-state index >= 15 is 0 Å². The summed E-state index contributed by atoms with van der Waals surface area (Å²) in [5.74, 6) is -1.41. The van der Waals surface area contributed by atoms with Crippen LogP contribution in [0, 0.1) is 11.6 Å². The minimum atomic E-state index is -1.45. The van der Waals surface area contributed by atoms with Crippen molar-refractivity contribution in [3.05, 3.63) is 33.8 Å². The molecule has 5 heteroatoms. The molecule has 2 rings (SSSR count). The Kier molecular flexibility index (Phi) is 3.27. The van der Waals surface area contributed by atoms with E-state index in [1.165, 1.54) is 12.1 Å². The van der Waals surface area contributed by atoms with Crippen molar-refractivity contribution in [2.45, 2.75) is 25.0 Å². The van der Waals surface area contributed by atoms with E-state index in [2.05, 4.69) is 15.9 Å². The second-order valence-corrected chi connectivity index (χ2v) is 5.57. The molecule has 0 saturated carbocycles. The molecule has 1 heterocycles. The maximum atomic E-state index is 13.9. The second-order valence-electron chi connectivity index (χ2n) is 4.72. The molecule has 94 valence electrons. The van der Waals surface area contributed by atoms with Crippen molar-refractivity contribution < 1.29 is 13.9 Å². The van der Waals surface area contributed by atoms with E-state index in [4.69, 9.17) is 0 Å². The highest BCUT2D eigenvalue weighted by molar-refractivity contribution is 9.10. The number of β-amino-alcohol motifs (C(OH)–C–C–N with tert-alkyl or cyclic N) is 1. The summed E-state index contributed by atoms with van der Waals surface area (Å²) in [6.07, 6.45) is 0.327. The lowest BCUT2D eigenvalue weighted by Crippen LogP contribution is -2.31. The zero-order valence-electron chi connectivity index (χ0n) is 9.67. The fraction of sp³-hybridized carbons (Fsp3) is 0.500. The van der Waals surface area contributed by atoms with Gasteiger partial charge in [-0.05, 0) is 48.5 Å². The van der Waals surface area contributed by atoms with Gasteiger partial charge in [0.2, 0.25) is 0 Å². The summed E-state index contributed by atoms with van der Waals surface area (Å²) in [6, 6.07) is 2.57. The van der Waals surface area contributed by atoms with Gasteiger partial charge in [-0.25, -0.2) is 8.78 Å². The molecule has 1 aliphatic rings. The predicted octanol–water partition coefficient (Wildman–Crippen LogP) is 2.64. The van der Waals surface area contributed by atoms with E-state index in [9.17, 15) is 13.9 Å². The molecule has 2 nitrogen and oxygen atoms in total. The summed E-state index contributed by atoms with van der Waals surface area (Å²) >= 11 is 3.02. The van der Waals surface area contributed by atoms with E-state index in [1.54, 1.807) is 0 Å². The van der Waals surface area contributed by atoms with Gasteiger partial charge in [0.05, 0.1) is 10.0 Å². The Balaban J connectivity index is 2.51. The molecule has 0 bridgehead atoms.